The third-order valence-corrected chi connectivity index (χ3v) is 4.05. The summed E-state index contributed by atoms with van der Waals surface area (Å²) in [7, 11) is 1.57. The summed E-state index contributed by atoms with van der Waals surface area (Å²) in [6, 6.07) is -0.809. The van der Waals surface area contributed by atoms with Crippen LogP contribution < -0.4 is 5.32 Å². The number of allylic oxidation sites excluding steroid dienone is 1. The Labute approximate surface area is 149 Å². The summed E-state index contributed by atoms with van der Waals surface area (Å²) in [5.41, 5.74) is -0.640. The van der Waals surface area contributed by atoms with Crippen LogP contribution in [0, 0.1) is 5.92 Å². The number of carbonyl (C=O) groups is 2. The van der Waals surface area contributed by atoms with Gasteiger partial charge in [-0.15, -0.1) is 6.58 Å². The van der Waals surface area contributed by atoms with Crippen molar-refractivity contribution >= 4 is 23.8 Å². The Kier molecular flexibility index (Phi) is 11.6. The molecular weight excluding hydrogens is 330 g/mol. The minimum atomic E-state index is -0.809. The zero-order valence-corrected chi connectivity index (χ0v) is 16.2. The molecule has 6 nitrogen and oxygen atoms in total. The Hall–Kier alpha value is -1.21. The van der Waals surface area contributed by atoms with Gasteiger partial charge in [0.2, 0.25) is 0 Å². The number of methoxy groups -OCH3 is 1. The molecule has 0 rings (SSSR count). The molecule has 0 heterocycles. The van der Waals surface area contributed by atoms with Crippen LogP contribution in [-0.2, 0) is 19.0 Å². The Morgan fingerprint density at radius 2 is 2.00 bits per heavy atom. The van der Waals surface area contributed by atoms with Gasteiger partial charge in [0.25, 0.3) is 0 Å². The van der Waals surface area contributed by atoms with Crippen LogP contribution in [0.5, 0.6) is 0 Å². The van der Waals surface area contributed by atoms with E-state index in [0.29, 0.717) is 12.4 Å². The third-order valence-electron chi connectivity index (χ3n) is 2.86. The maximum atomic E-state index is 12.3. The fourth-order valence-corrected chi connectivity index (χ4v) is 2.98. The highest BCUT2D eigenvalue weighted by Gasteiger charge is 2.32. The van der Waals surface area contributed by atoms with E-state index >= 15 is 0 Å². The van der Waals surface area contributed by atoms with Crippen molar-refractivity contribution in [2.75, 3.05) is 31.8 Å². The van der Waals surface area contributed by atoms with E-state index < -0.39 is 23.7 Å². The number of hydrogen-bond donors (Lipinski definition) is 1. The molecule has 0 saturated heterocycles. The predicted molar refractivity (Wildman–Crippen MR) is 97.3 cm³/mol. The van der Waals surface area contributed by atoms with Gasteiger partial charge >= 0.3 is 12.1 Å². The molecule has 2 atom stereocenters. The molecule has 7 heteroatoms. The van der Waals surface area contributed by atoms with Crippen molar-refractivity contribution < 1.29 is 23.8 Å². The molecule has 0 aliphatic carbocycles. The number of nitrogens with one attached hydrogen (secondary N) is 1. The monoisotopic (exact) mass is 361 g/mol. The molecule has 0 aliphatic heterocycles. The molecule has 0 fully saturated rings. The molecular formula is C17H31NO5S. The van der Waals surface area contributed by atoms with E-state index in [-0.39, 0.29) is 12.5 Å². The molecule has 0 aromatic heterocycles. The van der Waals surface area contributed by atoms with Crippen LogP contribution >= 0.6 is 11.8 Å². The third kappa shape index (κ3) is 10.5. The summed E-state index contributed by atoms with van der Waals surface area (Å²) in [6.07, 6.45) is 2.09. The second-order valence-electron chi connectivity index (χ2n) is 6.24. The standard InChI is InChI=1S/C17H31NO5S/c1-7-9-10-24-12-13(11-21-6)14(15(19)22-8-2)18-16(20)23-17(3,4)5/h7,13-14H,1,8-12H2,2-6H3,(H,18,20)/t13-,14?/m1/s1. The van der Waals surface area contributed by atoms with E-state index in [4.69, 9.17) is 14.2 Å². The number of carbonyl (C=O) groups excluding carboxylic acids is 2. The van der Waals surface area contributed by atoms with Crippen molar-refractivity contribution in [2.24, 2.45) is 5.92 Å². The van der Waals surface area contributed by atoms with Crippen molar-refractivity contribution in [3.05, 3.63) is 12.7 Å². The lowest BCUT2D eigenvalue weighted by molar-refractivity contribution is -0.147. The Balaban J connectivity index is 4.98. The van der Waals surface area contributed by atoms with Gasteiger partial charge in [0.05, 0.1) is 13.2 Å². The quantitative estimate of drug-likeness (QED) is 0.346. The van der Waals surface area contributed by atoms with Crippen LogP contribution in [0.3, 0.4) is 0 Å². The van der Waals surface area contributed by atoms with Crippen LogP contribution in [0.1, 0.15) is 34.1 Å². The lowest BCUT2D eigenvalue weighted by atomic mass is 10.0. The highest BCUT2D eigenvalue weighted by molar-refractivity contribution is 7.99. The fraction of sp³-hybridized carbons (Fsp3) is 0.765. The molecule has 0 saturated carbocycles. The first-order valence-electron chi connectivity index (χ1n) is 8.08. The van der Waals surface area contributed by atoms with E-state index in [0.717, 1.165) is 12.2 Å². The van der Waals surface area contributed by atoms with Gasteiger partial charge in [-0.3, -0.25) is 0 Å². The highest BCUT2D eigenvalue weighted by atomic mass is 32.2. The molecule has 24 heavy (non-hydrogen) atoms. The molecule has 1 unspecified atom stereocenters. The number of esters is 1. The minimum absolute atomic E-state index is 0.212. The van der Waals surface area contributed by atoms with Crippen molar-refractivity contribution in [1.29, 1.82) is 0 Å². The topological polar surface area (TPSA) is 73.9 Å². The summed E-state index contributed by atoms with van der Waals surface area (Å²) >= 11 is 1.68. The summed E-state index contributed by atoms with van der Waals surface area (Å²) in [5, 5.41) is 2.63. The first-order valence-corrected chi connectivity index (χ1v) is 9.24. The van der Waals surface area contributed by atoms with Gasteiger partial charge in [0.1, 0.15) is 11.6 Å². The number of thioether (sulfide) groups is 1. The molecule has 0 aliphatic rings. The molecule has 1 N–H and O–H groups in total. The van der Waals surface area contributed by atoms with E-state index in [2.05, 4.69) is 11.9 Å². The molecule has 0 radical (unpaired) electrons. The Bertz CT molecular complexity index is 395. The van der Waals surface area contributed by atoms with Crippen LogP contribution in [0.25, 0.3) is 0 Å². The highest BCUT2D eigenvalue weighted by Crippen LogP contribution is 2.17. The van der Waals surface area contributed by atoms with E-state index in [9.17, 15) is 9.59 Å². The average molecular weight is 362 g/mol. The second kappa shape index (κ2) is 12.2. The van der Waals surface area contributed by atoms with Gasteiger partial charge in [0.15, 0.2) is 0 Å². The average Bonchev–Trinajstić information content (AvgIpc) is 2.46. The van der Waals surface area contributed by atoms with Gasteiger partial charge in [-0.2, -0.15) is 11.8 Å². The molecule has 140 valence electrons. The smallest absolute Gasteiger partial charge is 0.408 e. The van der Waals surface area contributed by atoms with Crippen molar-refractivity contribution in [3.63, 3.8) is 0 Å². The van der Waals surface area contributed by atoms with Crippen molar-refractivity contribution in [3.8, 4) is 0 Å². The zero-order chi connectivity index (χ0) is 18.6. The lowest BCUT2D eigenvalue weighted by Crippen LogP contribution is -2.50. The maximum Gasteiger partial charge on any atom is 0.408 e. The normalized spacial score (nSPS) is 13.7. The van der Waals surface area contributed by atoms with Crippen LogP contribution in [0.15, 0.2) is 12.7 Å². The Morgan fingerprint density at radius 1 is 1.33 bits per heavy atom. The number of amides is 1. The number of ether oxygens (including phenoxy) is 3. The largest absolute Gasteiger partial charge is 0.464 e. The van der Waals surface area contributed by atoms with Crippen molar-refractivity contribution in [2.45, 2.75) is 45.8 Å². The van der Waals surface area contributed by atoms with Gasteiger partial charge in [-0.05, 0) is 39.9 Å². The summed E-state index contributed by atoms with van der Waals surface area (Å²) < 4.78 is 15.6. The second-order valence-corrected chi connectivity index (χ2v) is 7.39. The molecule has 0 spiro atoms. The van der Waals surface area contributed by atoms with Gasteiger partial charge < -0.3 is 19.5 Å². The first kappa shape index (κ1) is 22.8. The molecule has 0 bridgehead atoms. The number of alkyl carbamates (subject to hydrolysis) is 1. The molecule has 0 aromatic carbocycles. The molecule has 1 amide bonds. The van der Waals surface area contributed by atoms with Gasteiger partial charge in [-0.25, -0.2) is 9.59 Å². The summed E-state index contributed by atoms with van der Waals surface area (Å²) in [5.74, 6) is 0.859. The minimum Gasteiger partial charge on any atom is -0.464 e. The number of rotatable bonds is 11. The van der Waals surface area contributed by atoms with E-state index in [1.165, 1.54) is 0 Å². The first-order chi connectivity index (χ1) is 11.2. The predicted octanol–water partition coefficient (Wildman–Crippen LogP) is 3.01. The van der Waals surface area contributed by atoms with Crippen LogP contribution in [0.2, 0.25) is 0 Å². The van der Waals surface area contributed by atoms with Crippen LogP contribution in [-0.4, -0.2) is 55.5 Å². The van der Waals surface area contributed by atoms with Gasteiger partial charge in [-0.1, -0.05) is 6.08 Å². The lowest BCUT2D eigenvalue weighted by Gasteiger charge is -2.27. The number of hydrogen-bond acceptors (Lipinski definition) is 6. The Morgan fingerprint density at radius 3 is 2.50 bits per heavy atom. The van der Waals surface area contributed by atoms with Crippen LogP contribution in [0.4, 0.5) is 4.79 Å². The van der Waals surface area contributed by atoms with E-state index in [1.807, 2.05) is 6.08 Å². The van der Waals surface area contributed by atoms with E-state index in [1.54, 1.807) is 46.6 Å². The fourth-order valence-electron chi connectivity index (χ4n) is 1.89. The van der Waals surface area contributed by atoms with Crippen molar-refractivity contribution in [1.82, 2.24) is 5.32 Å². The van der Waals surface area contributed by atoms with Gasteiger partial charge in [0, 0.05) is 18.8 Å². The molecule has 0 aromatic rings. The zero-order valence-electron chi connectivity index (χ0n) is 15.4. The SMILES string of the molecule is C=CCCSC[C@@H](COC)C(NC(=O)OC(C)(C)C)C(=O)OCC. The summed E-state index contributed by atoms with van der Waals surface area (Å²) in [6.45, 7) is 11.3. The summed E-state index contributed by atoms with van der Waals surface area (Å²) in [4.78, 5) is 24.3. The maximum absolute atomic E-state index is 12.3.